The van der Waals surface area contributed by atoms with Crippen molar-refractivity contribution in [2.75, 3.05) is 13.1 Å². The Morgan fingerprint density at radius 2 is 2.06 bits per heavy atom. The molecule has 4 nitrogen and oxygen atoms in total. The molecule has 1 aliphatic heterocycles. The van der Waals surface area contributed by atoms with Crippen LogP contribution >= 0.6 is 0 Å². The molecule has 0 saturated carbocycles. The molecule has 1 N–H and O–H groups in total. The van der Waals surface area contributed by atoms with Crippen LogP contribution in [0.4, 0.5) is 0 Å². The summed E-state index contributed by atoms with van der Waals surface area (Å²) < 4.78 is 5.75. The maximum atomic E-state index is 10.2. The number of aromatic nitrogens is 1. The highest BCUT2D eigenvalue weighted by Gasteiger charge is 2.43. The molecule has 0 spiro atoms. The highest BCUT2D eigenvalue weighted by molar-refractivity contribution is 5.07. The first-order valence-electron chi connectivity index (χ1n) is 6.61. The molecule has 0 atom stereocenters. The van der Waals surface area contributed by atoms with Gasteiger partial charge in [-0.2, -0.15) is 0 Å². The maximum absolute atomic E-state index is 10.2. The van der Waals surface area contributed by atoms with Crippen LogP contribution in [0.3, 0.4) is 0 Å². The van der Waals surface area contributed by atoms with Crippen molar-refractivity contribution in [1.82, 2.24) is 9.88 Å². The van der Waals surface area contributed by atoms with Gasteiger partial charge in [0.05, 0.1) is 18.3 Å². The molecule has 18 heavy (non-hydrogen) atoms. The van der Waals surface area contributed by atoms with Crippen LogP contribution in [0.15, 0.2) is 10.6 Å². The van der Waals surface area contributed by atoms with Gasteiger partial charge < -0.3 is 9.52 Å². The fourth-order valence-corrected chi connectivity index (χ4v) is 2.13. The largest absolute Gasteiger partial charge is 0.444 e. The van der Waals surface area contributed by atoms with E-state index < -0.39 is 5.60 Å². The quantitative estimate of drug-likeness (QED) is 0.895. The van der Waals surface area contributed by atoms with E-state index in [1.54, 1.807) is 0 Å². The van der Waals surface area contributed by atoms with E-state index >= 15 is 0 Å². The molecule has 1 aromatic rings. The second-order valence-electron chi connectivity index (χ2n) is 6.77. The van der Waals surface area contributed by atoms with Crippen LogP contribution in [0.5, 0.6) is 0 Å². The highest BCUT2D eigenvalue weighted by Crippen LogP contribution is 2.30. The number of likely N-dealkylation sites (tertiary alicyclic amines) is 1. The minimum atomic E-state index is -0.528. The first-order valence-corrected chi connectivity index (χ1v) is 6.61. The highest BCUT2D eigenvalue weighted by atomic mass is 16.4. The molecule has 1 aromatic heterocycles. The van der Waals surface area contributed by atoms with Crippen molar-refractivity contribution in [3.05, 3.63) is 17.8 Å². The second kappa shape index (κ2) is 4.35. The molecular weight excluding hydrogens is 228 g/mol. The standard InChI is InChI=1S/C14H24N2O2/c1-10(2)14(17)8-16(9-14)7-12-15-6-11(18-12)13(3,4)5/h6,10,17H,7-9H2,1-5H3. The predicted molar refractivity (Wildman–Crippen MR) is 70.3 cm³/mol. The van der Waals surface area contributed by atoms with E-state index in [2.05, 4.69) is 44.5 Å². The van der Waals surface area contributed by atoms with E-state index in [0.717, 1.165) is 11.7 Å². The lowest BCUT2D eigenvalue weighted by Crippen LogP contribution is -2.63. The van der Waals surface area contributed by atoms with Gasteiger partial charge in [0.2, 0.25) is 5.89 Å². The van der Waals surface area contributed by atoms with E-state index in [4.69, 9.17) is 4.42 Å². The van der Waals surface area contributed by atoms with Crippen molar-refractivity contribution < 1.29 is 9.52 Å². The first kappa shape index (κ1) is 13.6. The van der Waals surface area contributed by atoms with Crippen LogP contribution in [-0.2, 0) is 12.0 Å². The molecule has 0 aromatic carbocycles. The van der Waals surface area contributed by atoms with Crippen LogP contribution in [0.2, 0.25) is 0 Å². The summed E-state index contributed by atoms with van der Waals surface area (Å²) >= 11 is 0. The summed E-state index contributed by atoms with van der Waals surface area (Å²) in [7, 11) is 0. The van der Waals surface area contributed by atoms with Crippen molar-refractivity contribution in [2.45, 2.75) is 52.2 Å². The molecule has 1 aliphatic rings. The van der Waals surface area contributed by atoms with Crippen molar-refractivity contribution in [2.24, 2.45) is 5.92 Å². The Morgan fingerprint density at radius 1 is 1.44 bits per heavy atom. The molecule has 1 saturated heterocycles. The monoisotopic (exact) mass is 252 g/mol. The van der Waals surface area contributed by atoms with Gasteiger partial charge in [0.15, 0.2) is 0 Å². The minimum Gasteiger partial charge on any atom is -0.444 e. The van der Waals surface area contributed by atoms with E-state index in [9.17, 15) is 5.11 Å². The number of rotatable bonds is 3. The van der Waals surface area contributed by atoms with Crippen LogP contribution in [0.1, 0.15) is 46.3 Å². The zero-order chi connectivity index (χ0) is 13.6. The fourth-order valence-electron chi connectivity index (χ4n) is 2.13. The third-order valence-electron chi connectivity index (χ3n) is 3.72. The van der Waals surface area contributed by atoms with Crippen LogP contribution in [-0.4, -0.2) is 33.7 Å². The lowest BCUT2D eigenvalue weighted by molar-refractivity contribution is -0.132. The van der Waals surface area contributed by atoms with Gasteiger partial charge in [-0.1, -0.05) is 34.6 Å². The van der Waals surface area contributed by atoms with Gasteiger partial charge in [-0.05, 0) is 5.92 Å². The topological polar surface area (TPSA) is 49.5 Å². The number of β-amino-alcohol motifs (C(OH)–C–C–N with tert-alkyl or cyclic N) is 1. The van der Waals surface area contributed by atoms with Gasteiger partial charge in [-0.3, -0.25) is 4.90 Å². The number of hydrogen-bond acceptors (Lipinski definition) is 4. The molecule has 0 aliphatic carbocycles. The second-order valence-corrected chi connectivity index (χ2v) is 6.77. The summed E-state index contributed by atoms with van der Waals surface area (Å²) in [6.07, 6.45) is 1.81. The van der Waals surface area contributed by atoms with E-state index in [0.29, 0.717) is 25.6 Å². The molecule has 2 heterocycles. The zero-order valence-electron chi connectivity index (χ0n) is 12.0. The van der Waals surface area contributed by atoms with Gasteiger partial charge in [0, 0.05) is 18.5 Å². The molecule has 0 amide bonds. The summed E-state index contributed by atoms with van der Waals surface area (Å²) in [6.45, 7) is 12.5. The van der Waals surface area contributed by atoms with Gasteiger partial charge in [-0.25, -0.2) is 4.98 Å². The van der Waals surface area contributed by atoms with Gasteiger partial charge in [0.25, 0.3) is 0 Å². The summed E-state index contributed by atoms with van der Waals surface area (Å²) in [4.78, 5) is 6.47. The molecule has 1 fully saturated rings. The van der Waals surface area contributed by atoms with E-state index in [-0.39, 0.29) is 5.41 Å². The summed E-state index contributed by atoms with van der Waals surface area (Å²) in [5.74, 6) is 1.95. The number of hydrogen-bond donors (Lipinski definition) is 1. The molecule has 2 rings (SSSR count). The van der Waals surface area contributed by atoms with Gasteiger partial charge in [-0.15, -0.1) is 0 Å². The Hall–Kier alpha value is -0.870. The minimum absolute atomic E-state index is 0.00112. The molecule has 102 valence electrons. The van der Waals surface area contributed by atoms with Crippen LogP contribution in [0, 0.1) is 5.92 Å². The molecular formula is C14H24N2O2. The Labute approximate surface area is 109 Å². The van der Waals surface area contributed by atoms with E-state index in [1.807, 2.05) is 6.20 Å². The average Bonchev–Trinajstić information content (AvgIpc) is 2.62. The lowest BCUT2D eigenvalue weighted by Gasteiger charge is -2.48. The SMILES string of the molecule is CC(C)C1(O)CN(Cc2ncc(C(C)(C)C)o2)C1. The summed E-state index contributed by atoms with van der Waals surface area (Å²) in [6, 6.07) is 0. The van der Waals surface area contributed by atoms with Gasteiger partial charge >= 0.3 is 0 Å². The molecule has 0 radical (unpaired) electrons. The van der Waals surface area contributed by atoms with Gasteiger partial charge in [0.1, 0.15) is 5.76 Å². The third kappa shape index (κ3) is 2.59. The first-order chi connectivity index (χ1) is 8.21. The van der Waals surface area contributed by atoms with E-state index in [1.165, 1.54) is 0 Å². The van der Waals surface area contributed by atoms with Crippen LogP contribution in [0.25, 0.3) is 0 Å². The van der Waals surface area contributed by atoms with Crippen molar-refractivity contribution >= 4 is 0 Å². The zero-order valence-corrected chi connectivity index (χ0v) is 12.0. The molecule has 0 bridgehead atoms. The van der Waals surface area contributed by atoms with Crippen molar-refractivity contribution in [1.29, 1.82) is 0 Å². The number of oxazole rings is 1. The Morgan fingerprint density at radius 3 is 2.50 bits per heavy atom. The number of aliphatic hydroxyl groups is 1. The van der Waals surface area contributed by atoms with Crippen molar-refractivity contribution in [3.8, 4) is 0 Å². The Balaban J connectivity index is 1.91. The Bertz CT molecular complexity index is 412. The summed E-state index contributed by atoms with van der Waals surface area (Å²) in [5, 5.41) is 10.2. The lowest BCUT2D eigenvalue weighted by atomic mass is 9.83. The average molecular weight is 252 g/mol. The summed E-state index contributed by atoms with van der Waals surface area (Å²) in [5.41, 5.74) is -0.529. The van der Waals surface area contributed by atoms with Crippen LogP contribution < -0.4 is 0 Å². The molecule has 4 heteroatoms. The number of nitrogens with zero attached hydrogens (tertiary/aromatic N) is 2. The fraction of sp³-hybridized carbons (Fsp3) is 0.786. The predicted octanol–water partition coefficient (Wildman–Crippen LogP) is 2.17. The molecule has 0 unspecified atom stereocenters. The smallest absolute Gasteiger partial charge is 0.208 e. The third-order valence-corrected chi connectivity index (χ3v) is 3.72. The maximum Gasteiger partial charge on any atom is 0.208 e. The van der Waals surface area contributed by atoms with Crippen molar-refractivity contribution in [3.63, 3.8) is 0 Å². The normalized spacial score (nSPS) is 20.2. The Kier molecular flexibility index (Phi) is 3.28.